The van der Waals surface area contributed by atoms with E-state index in [4.69, 9.17) is 11.5 Å². The number of nitrogens with two attached hydrogens (primary N) is 2. The van der Waals surface area contributed by atoms with Crippen molar-refractivity contribution in [3.8, 4) is 0 Å². The van der Waals surface area contributed by atoms with Crippen LogP contribution in [0.5, 0.6) is 0 Å². The second-order valence-corrected chi connectivity index (χ2v) is 5.68. The molecule has 20 heavy (non-hydrogen) atoms. The second-order valence-electron chi connectivity index (χ2n) is 5.68. The van der Waals surface area contributed by atoms with E-state index in [-0.39, 0.29) is 0 Å². The molecule has 2 heteroatoms. The number of anilines is 2. The topological polar surface area (TPSA) is 52.0 Å². The zero-order valence-electron chi connectivity index (χ0n) is 12.5. The van der Waals surface area contributed by atoms with E-state index in [1.54, 1.807) is 0 Å². The smallest absolute Gasteiger partial charge is 0.0352 e. The average Bonchev–Trinajstić information content (AvgIpc) is 2.43. The van der Waals surface area contributed by atoms with Gasteiger partial charge < -0.3 is 11.5 Å². The molecular weight excluding hydrogens is 244 g/mol. The summed E-state index contributed by atoms with van der Waals surface area (Å²) >= 11 is 0. The highest BCUT2D eigenvalue weighted by Gasteiger charge is 2.03. The molecule has 0 saturated carbocycles. The fourth-order valence-corrected chi connectivity index (χ4v) is 2.69. The van der Waals surface area contributed by atoms with Crippen LogP contribution in [0.25, 0.3) is 10.8 Å². The van der Waals surface area contributed by atoms with Gasteiger partial charge in [0, 0.05) is 11.4 Å². The highest BCUT2D eigenvalue weighted by molar-refractivity contribution is 5.89. The molecule has 0 atom stereocenters. The summed E-state index contributed by atoms with van der Waals surface area (Å²) in [6.07, 6.45) is 8.96. The van der Waals surface area contributed by atoms with Gasteiger partial charge in [-0.15, -0.1) is 0 Å². The van der Waals surface area contributed by atoms with E-state index in [2.05, 4.69) is 19.1 Å². The Morgan fingerprint density at radius 1 is 0.800 bits per heavy atom. The first-order valence-corrected chi connectivity index (χ1v) is 7.78. The van der Waals surface area contributed by atoms with Gasteiger partial charge in [0.05, 0.1) is 0 Å². The second kappa shape index (κ2) is 7.18. The summed E-state index contributed by atoms with van der Waals surface area (Å²) in [6.45, 7) is 2.25. The maximum absolute atomic E-state index is 6.16. The van der Waals surface area contributed by atoms with Crippen LogP contribution in [0.1, 0.15) is 51.0 Å². The van der Waals surface area contributed by atoms with Gasteiger partial charge in [-0.1, -0.05) is 45.1 Å². The molecule has 0 bridgehead atoms. The summed E-state index contributed by atoms with van der Waals surface area (Å²) in [5.74, 6) is 0. The molecule has 0 unspecified atom stereocenters. The van der Waals surface area contributed by atoms with Crippen molar-refractivity contribution in [2.75, 3.05) is 11.5 Å². The number of hydrogen-bond acceptors (Lipinski definition) is 2. The number of hydrogen-bond donors (Lipinski definition) is 2. The molecule has 0 heterocycles. The quantitative estimate of drug-likeness (QED) is 0.555. The molecule has 2 rings (SSSR count). The minimum atomic E-state index is 0.813. The van der Waals surface area contributed by atoms with Crippen molar-refractivity contribution in [3.05, 3.63) is 35.9 Å². The number of fused-ring (bicyclic) bond motifs is 1. The van der Waals surface area contributed by atoms with Gasteiger partial charge in [0.2, 0.25) is 0 Å². The SMILES string of the molecule is CCCCCCCCc1cc2cc(N)ccc2cc1N. The Hall–Kier alpha value is -1.70. The normalized spacial score (nSPS) is 11.1. The number of aryl methyl sites for hydroxylation is 1. The summed E-state index contributed by atoms with van der Waals surface area (Å²) in [5.41, 5.74) is 15.0. The lowest BCUT2D eigenvalue weighted by molar-refractivity contribution is 0.608. The number of nitrogen functional groups attached to an aromatic ring is 2. The third kappa shape index (κ3) is 3.89. The van der Waals surface area contributed by atoms with Crippen LogP contribution in [0.4, 0.5) is 11.4 Å². The van der Waals surface area contributed by atoms with Crippen LogP contribution in [0.15, 0.2) is 30.3 Å². The molecule has 0 aliphatic heterocycles. The van der Waals surface area contributed by atoms with Crippen LogP contribution in [0, 0.1) is 0 Å². The third-order valence-electron chi connectivity index (χ3n) is 3.92. The molecule has 2 aromatic carbocycles. The zero-order chi connectivity index (χ0) is 14.4. The van der Waals surface area contributed by atoms with Crippen LogP contribution in [-0.4, -0.2) is 0 Å². The maximum Gasteiger partial charge on any atom is 0.0352 e. The largest absolute Gasteiger partial charge is 0.399 e. The van der Waals surface area contributed by atoms with Gasteiger partial charge in [-0.2, -0.15) is 0 Å². The summed E-state index contributed by atoms with van der Waals surface area (Å²) in [4.78, 5) is 0. The first kappa shape index (κ1) is 14.7. The molecule has 4 N–H and O–H groups in total. The molecule has 2 nitrogen and oxygen atoms in total. The predicted molar refractivity (Wildman–Crippen MR) is 89.9 cm³/mol. The molecule has 0 saturated heterocycles. The number of unbranched alkanes of at least 4 members (excludes halogenated alkanes) is 5. The highest BCUT2D eigenvalue weighted by atomic mass is 14.6. The first-order valence-electron chi connectivity index (χ1n) is 7.78. The molecule has 0 aromatic heterocycles. The summed E-state index contributed by atoms with van der Waals surface area (Å²) < 4.78 is 0. The Kier molecular flexibility index (Phi) is 5.28. The minimum absolute atomic E-state index is 0.813. The Labute approximate surface area is 122 Å². The lowest BCUT2D eigenvalue weighted by atomic mass is 9.99. The van der Waals surface area contributed by atoms with Gasteiger partial charge in [-0.05, 0) is 53.4 Å². The van der Waals surface area contributed by atoms with Gasteiger partial charge in [0.1, 0.15) is 0 Å². The van der Waals surface area contributed by atoms with Crippen LogP contribution in [-0.2, 0) is 6.42 Å². The van der Waals surface area contributed by atoms with Crippen LogP contribution < -0.4 is 11.5 Å². The highest BCUT2D eigenvalue weighted by Crippen LogP contribution is 2.25. The van der Waals surface area contributed by atoms with E-state index >= 15 is 0 Å². The molecular formula is C18H26N2. The fourth-order valence-electron chi connectivity index (χ4n) is 2.69. The van der Waals surface area contributed by atoms with Crippen molar-refractivity contribution in [1.29, 1.82) is 0 Å². The van der Waals surface area contributed by atoms with Gasteiger partial charge in [-0.3, -0.25) is 0 Å². The van der Waals surface area contributed by atoms with Crippen molar-refractivity contribution >= 4 is 22.1 Å². The Morgan fingerprint density at radius 2 is 1.55 bits per heavy atom. The van der Waals surface area contributed by atoms with Gasteiger partial charge >= 0.3 is 0 Å². The van der Waals surface area contributed by atoms with Crippen molar-refractivity contribution in [2.24, 2.45) is 0 Å². The Bertz CT molecular complexity index is 561. The van der Waals surface area contributed by atoms with Gasteiger partial charge in [0.25, 0.3) is 0 Å². The zero-order valence-corrected chi connectivity index (χ0v) is 12.5. The van der Waals surface area contributed by atoms with E-state index in [9.17, 15) is 0 Å². The van der Waals surface area contributed by atoms with E-state index in [0.717, 1.165) is 17.8 Å². The Balaban J connectivity index is 1.97. The molecule has 108 valence electrons. The lowest BCUT2D eigenvalue weighted by Gasteiger charge is -2.09. The molecule has 0 spiro atoms. The van der Waals surface area contributed by atoms with Crippen molar-refractivity contribution in [3.63, 3.8) is 0 Å². The molecule has 2 aromatic rings. The van der Waals surface area contributed by atoms with E-state index in [0.29, 0.717) is 0 Å². The average molecular weight is 270 g/mol. The summed E-state index contributed by atoms with van der Waals surface area (Å²) in [5, 5.41) is 2.36. The molecule has 0 aliphatic carbocycles. The monoisotopic (exact) mass is 270 g/mol. The van der Waals surface area contributed by atoms with Crippen molar-refractivity contribution in [2.45, 2.75) is 51.9 Å². The minimum Gasteiger partial charge on any atom is -0.399 e. The third-order valence-corrected chi connectivity index (χ3v) is 3.92. The Morgan fingerprint density at radius 3 is 2.35 bits per heavy atom. The first-order chi connectivity index (χ1) is 9.70. The van der Waals surface area contributed by atoms with E-state index in [1.165, 1.54) is 54.9 Å². The van der Waals surface area contributed by atoms with Crippen molar-refractivity contribution < 1.29 is 0 Å². The molecule has 0 fully saturated rings. The van der Waals surface area contributed by atoms with Crippen molar-refractivity contribution in [1.82, 2.24) is 0 Å². The summed E-state index contributed by atoms with van der Waals surface area (Å²) in [7, 11) is 0. The van der Waals surface area contributed by atoms with E-state index in [1.807, 2.05) is 18.2 Å². The lowest BCUT2D eigenvalue weighted by Crippen LogP contribution is -1.96. The van der Waals surface area contributed by atoms with Gasteiger partial charge in [0.15, 0.2) is 0 Å². The molecule has 0 aliphatic rings. The van der Waals surface area contributed by atoms with Crippen LogP contribution in [0.3, 0.4) is 0 Å². The summed E-state index contributed by atoms with van der Waals surface area (Å²) in [6, 6.07) is 10.3. The number of benzene rings is 2. The molecule has 0 amide bonds. The number of rotatable bonds is 7. The molecule has 0 radical (unpaired) electrons. The standard InChI is InChI=1S/C18H26N2/c1-2-3-4-5-6-7-8-15-11-16-12-17(19)10-9-14(16)13-18(15)20/h9-13H,2-8,19-20H2,1H3. The van der Waals surface area contributed by atoms with Gasteiger partial charge in [-0.25, -0.2) is 0 Å². The maximum atomic E-state index is 6.16. The predicted octanol–water partition coefficient (Wildman–Crippen LogP) is 4.91. The van der Waals surface area contributed by atoms with Crippen LogP contribution >= 0.6 is 0 Å². The fraction of sp³-hybridized carbons (Fsp3) is 0.444. The van der Waals surface area contributed by atoms with E-state index < -0.39 is 0 Å². The van der Waals surface area contributed by atoms with Crippen LogP contribution in [0.2, 0.25) is 0 Å².